The molecule has 0 spiro atoms. The molecule has 0 bridgehead atoms. The number of hydrogen-bond acceptors (Lipinski definition) is 2. The summed E-state index contributed by atoms with van der Waals surface area (Å²) in [6.07, 6.45) is 5.26. The molecule has 3 atom stereocenters. The number of benzene rings is 1. The molecule has 3 nitrogen and oxygen atoms in total. The number of aliphatic hydroxyl groups excluding tert-OH is 1. The Bertz CT molecular complexity index is 441. The zero-order valence-corrected chi connectivity index (χ0v) is 11.3. The van der Waals surface area contributed by atoms with Crippen molar-refractivity contribution in [3.8, 4) is 0 Å². The lowest BCUT2D eigenvalue weighted by Crippen LogP contribution is -2.33. The number of amides is 1. The Balaban J connectivity index is 1.80. The third-order valence-corrected chi connectivity index (χ3v) is 3.61. The predicted molar refractivity (Wildman–Crippen MR) is 75.7 cm³/mol. The van der Waals surface area contributed by atoms with E-state index in [1.54, 1.807) is 0 Å². The molecule has 1 aliphatic carbocycles. The number of carbonyl (C=O) groups is 1. The number of hydrogen-bond donors (Lipinski definition) is 2. The largest absolute Gasteiger partial charge is 0.396 e. The summed E-state index contributed by atoms with van der Waals surface area (Å²) in [6, 6.07) is 10.1. The maximum absolute atomic E-state index is 12.0. The van der Waals surface area contributed by atoms with Crippen molar-refractivity contribution >= 4 is 5.91 Å². The molecular formula is C16H21NO2. The number of carbonyl (C=O) groups excluding carboxylic acids is 1. The Kier molecular flexibility index (Phi) is 4.74. The van der Waals surface area contributed by atoms with Gasteiger partial charge in [-0.05, 0) is 17.9 Å². The van der Waals surface area contributed by atoms with Gasteiger partial charge in [-0.15, -0.1) is 0 Å². The Morgan fingerprint density at radius 2 is 2.11 bits per heavy atom. The van der Waals surface area contributed by atoms with Crippen molar-refractivity contribution in [2.24, 2.45) is 5.92 Å². The molecule has 0 fully saturated rings. The maximum Gasteiger partial charge on any atom is 0.221 e. The van der Waals surface area contributed by atoms with Gasteiger partial charge in [-0.25, -0.2) is 0 Å². The van der Waals surface area contributed by atoms with E-state index in [1.807, 2.05) is 30.4 Å². The average molecular weight is 259 g/mol. The van der Waals surface area contributed by atoms with Gasteiger partial charge in [0.15, 0.2) is 0 Å². The van der Waals surface area contributed by atoms with Gasteiger partial charge < -0.3 is 10.4 Å². The Hall–Kier alpha value is -1.61. The minimum Gasteiger partial charge on any atom is -0.396 e. The van der Waals surface area contributed by atoms with Crippen molar-refractivity contribution in [3.63, 3.8) is 0 Å². The normalized spacial score (nSPS) is 23.3. The first kappa shape index (κ1) is 13.8. The Morgan fingerprint density at radius 1 is 1.37 bits per heavy atom. The van der Waals surface area contributed by atoms with Crippen LogP contribution in [0.3, 0.4) is 0 Å². The van der Waals surface area contributed by atoms with Gasteiger partial charge in [-0.3, -0.25) is 4.79 Å². The lowest BCUT2D eigenvalue weighted by atomic mass is 9.97. The van der Waals surface area contributed by atoms with Crippen molar-refractivity contribution in [3.05, 3.63) is 48.0 Å². The molecule has 1 aliphatic rings. The highest BCUT2D eigenvalue weighted by Gasteiger charge is 2.20. The Labute approximate surface area is 114 Å². The van der Waals surface area contributed by atoms with Crippen LogP contribution in [0.4, 0.5) is 0 Å². The van der Waals surface area contributed by atoms with Crippen LogP contribution in [0.2, 0.25) is 0 Å². The molecule has 0 radical (unpaired) electrons. The summed E-state index contributed by atoms with van der Waals surface area (Å²) in [4.78, 5) is 12.0. The molecule has 0 saturated carbocycles. The lowest BCUT2D eigenvalue weighted by molar-refractivity contribution is -0.121. The molecule has 0 saturated heterocycles. The molecule has 102 valence electrons. The number of nitrogens with one attached hydrogen (secondary N) is 1. The number of aliphatic hydroxyl groups is 1. The average Bonchev–Trinajstić information content (AvgIpc) is 2.87. The summed E-state index contributed by atoms with van der Waals surface area (Å²) in [5, 5.41) is 12.1. The maximum atomic E-state index is 12.0. The van der Waals surface area contributed by atoms with E-state index in [1.165, 1.54) is 5.56 Å². The van der Waals surface area contributed by atoms with Crippen molar-refractivity contribution in [2.45, 2.75) is 31.7 Å². The molecule has 3 heteroatoms. The van der Waals surface area contributed by atoms with Crippen LogP contribution in [0, 0.1) is 5.92 Å². The van der Waals surface area contributed by atoms with Crippen molar-refractivity contribution in [1.82, 2.24) is 5.32 Å². The van der Waals surface area contributed by atoms with Gasteiger partial charge >= 0.3 is 0 Å². The SMILES string of the molecule is CC(CC(=O)N[C@@H]1C=C[C@H](CO)C1)c1ccccc1. The minimum atomic E-state index is 0.0737. The van der Waals surface area contributed by atoms with Crippen LogP contribution in [0.5, 0.6) is 0 Å². The second-order valence-corrected chi connectivity index (χ2v) is 5.25. The first-order chi connectivity index (χ1) is 9.19. The summed E-state index contributed by atoms with van der Waals surface area (Å²) in [6.45, 7) is 2.22. The second-order valence-electron chi connectivity index (χ2n) is 5.25. The first-order valence-corrected chi connectivity index (χ1v) is 6.82. The summed E-state index contributed by atoms with van der Waals surface area (Å²) >= 11 is 0. The molecule has 2 N–H and O–H groups in total. The fourth-order valence-corrected chi connectivity index (χ4v) is 2.46. The van der Waals surface area contributed by atoms with Gasteiger partial charge in [0.2, 0.25) is 5.91 Å². The zero-order valence-electron chi connectivity index (χ0n) is 11.3. The van der Waals surface area contributed by atoms with E-state index in [9.17, 15) is 4.79 Å². The van der Waals surface area contributed by atoms with Crippen LogP contribution in [-0.4, -0.2) is 23.7 Å². The molecule has 0 aromatic heterocycles. The number of rotatable bonds is 5. The van der Waals surface area contributed by atoms with Crippen LogP contribution >= 0.6 is 0 Å². The van der Waals surface area contributed by atoms with Crippen LogP contribution < -0.4 is 5.32 Å². The van der Waals surface area contributed by atoms with Crippen LogP contribution in [0.15, 0.2) is 42.5 Å². The highest BCUT2D eigenvalue weighted by molar-refractivity contribution is 5.77. The summed E-state index contributed by atoms with van der Waals surface area (Å²) < 4.78 is 0. The highest BCUT2D eigenvalue weighted by atomic mass is 16.3. The van der Waals surface area contributed by atoms with Crippen LogP contribution in [0.25, 0.3) is 0 Å². The van der Waals surface area contributed by atoms with E-state index in [0.29, 0.717) is 6.42 Å². The fourth-order valence-electron chi connectivity index (χ4n) is 2.46. The topological polar surface area (TPSA) is 49.3 Å². The monoisotopic (exact) mass is 259 g/mol. The van der Waals surface area contributed by atoms with Crippen LogP contribution in [-0.2, 0) is 4.79 Å². The molecular weight excluding hydrogens is 238 g/mol. The van der Waals surface area contributed by atoms with Crippen molar-refractivity contribution in [2.75, 3.05) is 6.61 Å². The molecule has 1 amide bonds. The molecule has 1 unspecified atom stereocenters. The van der Waals surface area contributed by atoms with Gasteiger partial charge in [0, 0.05) is 25.0 Å². The molecule has 0 aliphatic heterocycles. The standard InChI is InChI=1S/C16H21NO2/c1-12(14-5-3-2-4-6-14)9-16(19)17-15-8-7-13(10-15)11-18/h2-8,12-13,15,18H,9-11H2,1H3,(H,17,19)/t12?,13-,15+/m0/s1. The van der Waals surface area contributed by atoms with Gasteiger partial charge in [-0.2, -0.15) is 0 Å². The van der Waals surface area contributed by atoms with E-state index < -0.39 is 0 Å². The van der Waals surface area contributed by atoms with Gasteiger partial charge in [-0.1, -0.05) is 49.4 Å². The minimum absolute atomic E-state index is 0.0737. The summed E-state index contributed by atoms with van der Waals surface area (Å²) in [5.41, 5.74) is 1.19. The quantitative estimate of drug-likeness (QED) is 0.797. The molecule has 2 rings (SSSR count). The van der Waals surface area contributed by atoms with Crippen LogP contribution in [0.1, 0.15) is 31.2 Å². The van der Waals surface area contributed by atoms with E-state index in [4.69, 9.17) is 5.11 Å². The predicted octanol–water partition coefficient (Wildman–Crippen LogP) is 2.23. The van der Waals surface area contributed by atoms with E-state index in [2.05, 4.69) is 24.4 Å². The smallest absolute Gasteiger partial charge is 0.221 e. The van der Waals surface area contributed by atoms with Gasteiger partial charge in [0.05, 0.1) is 0 Å². The van der Waals surface area contributed by atoms with E-state index >= 15 is 0 Å². The van der Waals surface area contributed by atoms with E-state index in [-0.39, 0.29) is 30.4 Å². The third-order valence-electron chi connectivity index (χ3n) is 3.61. The fraction of sp³-hybridized carbons (Fsp3) is 0.438. The second kappa shape index (κ2) is 6.53. The molecule has 1 aromatic carbocycles. The summed E-state index contributed by atoms with van der Waals surface area (Å²) in [7, 11) is 0. The first-order valence-electron chi connectivity index (χ1n) is 6.82. The highest BCUT2D eigenvalue weighted by Crippen LogP contribution is 2.20. The summed E-state index contributed by atoms with van der Waals surface area (Å²) in [5.74, 6) is 0.488. The van der Waals surface area contributed by atoms with E-state index in [0.717, 1.165) is 6.42 Å². The molecule has 19 heavy (non-hydrogen) atoms. The lowest BCUT2D eigenvalue weighted by Gasteiger charge is -2.15. The molecule has 0 heterocycles. The third kappa shape index (κ3) is 3.93. The van der Waals surface area contributed by atoms with Crippen molar-refractivity contribution < 1.29 is 9.90 Å². The van der Waals surface area contributed by atoms with Crippen molar-refractivity contribution in [1.29, 1.82) is 0 Å². The Morgan fingerprint density at radius 3 is 2.74 bits per heavy atom. The zero-order chi connectivity index (χ0) is 13.7. The molecule has 1 aromatic rings. The van der Waals surface area contributed by atoms with Gasteiger partial charge in [0.1, 0.15) is 0 Å². The van der Waals surface area contributed by atoms with Gasteiger partial charge in [0.25, 0.3) is 0 Å².